The van der Waals surface area contributed by atoms with Crippen molar-refractivity contribution in [2.45, 2.75) is 26.5 Å². The highest BCUT2D eigenvalue weighted by atomic mass is 16.5. The number of nitrogens with zero attached hydrogens (tertiary/aromatic N) is 1. The molecule has 4 heteroatoms. The van der Waals surface area contributed by atoms with Crippen LogP contribution in [0.4, 0.5) is 0 Å². The van der Waals surface area contributed by atoms with Crippen LogP contribution in [-0.4, -0.2) is 18.6 Å². The zero-order valence-electron chi connectivity index (χ0n) is 12.6. The molecule has 0 saturated heterocycles. The standard InChI is InChI=1S/C17H22N2O2/c1-3-10-20-16-6-4-5-7-17(16)21-13-15-9-8-14(11-18-2)12-19-15/h4-9,12,18H,3,10-11,13H2,1-2H3. The lowest BCUT2D eigenvalue weighted by Crippen LogP contribution is -2.06. The Balaban J connectivity index is 1.96. The second-order valence-corrected chi connectivity index (χ2v) is 4.77. The summed E-state index contributed by atoms with van der Waals surface area (Å²) >= 11 is 0. The van der Waals surface area contributed by atoms with E-state index in [-0.39, 0.29) is 0 Å². The van der Waals surface area contributed by atoms with Crippen LogP contribution in [0.2, 0.25) is 0 Å². The molecule has 0 aliphatic rings. The predicted molar refractivity (Wildman–Crippen MR) is 83.6 cm³/mol. The molecule has 1 heterocycles. The van der Waals surface area contributed by atoms with E-state index in [0.29, 0.717) is 13.2 Å². The lowest BCUT2D eigenvalue weighted by molar-refractivity contribution is 0.259. The van der Waals surface area contributed by atoms with Crippen molar-refractivity contribution < 1.29 is 9.47 Å². The van der Waals surface area contributed by atoms with E-state index in [9.17, 15) is 0 Å². The summed E-state index contributed by atoms with van der Waals surface area (Å²) in [6, 6.07) is 11.8. The number of hydrogen-bond donors (Lipinski definition) is 1. The molecule has 0 aliphatic heterocycles. The van der Waals surface area contributed by atoms with Crippen molar-refractivity contribution >= 4 is 0 Å². The maximum atomic E-state index is 5.82. The van der Waals surface area contributed by atoms with Gasteiger partial charge in [0.1, 0.15) is 6.61 Å². The van der Waals surface area contributed by atoms with Crippen LogP contribution in [-0.2, 0) is 13.2 Å². The summed E-state index contributed by atoms with van der Waals surface area (Å²) in [6.45, 7) is 4.03. The first-order valence-corrected chi connectivity index (χ1v) is 7.26. The summed E-state index contributed by atoms with van der Waals surface area (Å²) in [7, 11) is 1.92. The van der Waals surface area contributed by atoms with Crippen LogP contribution in [0.25, 0.3) is 0 Å². The third-order valence-electron chi connectivity index (χ3n) is 2.95. The van der Waals surface area contributed by atoms with Gasteiger partial charge < -0.3 is 14.8 Å². The minimum atomic E-state index is 0.437. The number of ether oxygens (including phenoxy) is 2. The lowest BCUT2D eigenvalue weighted by Gasteiger charge is -2.12. The summed E-state index contributed by atoms with van der Waals surface area (Å²) in [6.07, 6.45) is 2.84. The minimum Gasteiger partial charge on any atom is -0.490 e. The summed E-state index contributed by atoms with van der Waals surface area (Å²) < 4.78 is 11.5. The van der Waals surface area contributed by atoms with E-state index < -0.39 is 0 Å². The maximum Gasteiger partial charge on any atom is 0.161 e. The molecule has 0 amide bonds. The van der Waals surface area contributed by atoms with Crippen LogP contribution in [0.1, 0.15) is 24.6 Å². The molecule has 1 N–H and O–H groups in total. The number of benzene rings is 1. The van der Waals surface area contributed by atoms with Crippen LogP contribution in [0, 0.1) is 0 Å². The molecule has 2 aromatic rings. The molecule has 0 spiro atoms. The number of pyridine rings is 1. The average molecular weight is 286 g/mol. The van der Waals surface area contributed by atoms with Gasteiger partial charge in [0.25, 0.3) is 0 Å². The van der Waals surface area contributed by atoms with E-state index in [1.54, 1.807) is 0 Å². The fourth-order valence-electron chi connectivity index (χ4n) is 1.90. The fourth-order valence-corrected chi connectivity index (χ4v) is 1.90. The Morgan fingerprint density at radius 2 is 1.81 bits per heavy atom. The zero-order chi connectivity index (χ0) is 14.9. The molecule has 4 nitrogen and oxygen atoms in total. The van der Waals surface area contributed by atoms with Gasteiger partial charge in [0, 0.05) is 12.7 Å². The fraction of sp³-hybridized carbons (Fsp3) is 0.353. The van der Waals surface area contributed by atoms with Crippen molar-refractivity contribution in [2.75, 3.05) is 13.7 Å². The minimum absolute atomic E-state index is 0.437. The van der Waals surface area contributed by atoms with Gasteiger partial charge in [0.2, 0.25) is 0 Å². The molecule has 112 valence electrons. The Kier molecular flexibility index (Phi) is 6.03. The Morgan fingerprint density at radius 1 is 1.05 bits per heavy atom. The second kappa shape index (κ2) is 8.27. The molecule has 0 radical (unpaired) electrons. The van der Waals surface area contributed by atoms with Crippen LogP contribution in [0.3, 0.4) is 0 Å². The Morgan fingerprint density at radius 3 is 2.43 bits per heavy atom. The van der Waals surface area contributed by atoms with Gasteiger partial charge >= 0.3 is 0 Å². The van der Waals surface area contributed by atoms with Crippen LogP contribution in [0.15, 0.2) is 42.6 Å². The first-order chi connectivity index (χ1) is 10.3. The number of aromatic nitrogens is 1. The van der Waals surface area contributed by atoms with E-state index in [4.69, 9.17) is 9.47 Å². The monoisotopic (exact) mass is 286 g/mol. The molecule has 1 aromatic heterocycles. The zero-order valence-corrected chi connectivity index (χ0v) is 12.6. The van der Waals surface area contributed by atoms with Crippen molar-refractivity contribution in [1.29, 1.82) is 0 Å². The number of rotatable bonds is 8. The van der Waals surface area contributed by atoms with Crippen molar-refractivity contribution in [1.82, 2.24) is 10.3 Å². The maximum absolute atomic E-state index is 5.82. The highest BCUT2D eigenvalue weighted by Gasteiger charge is 2.04. The summed E-state index contributed by atoms with van der Waals surface area (Å²) in [4.78, 5) is 4.40. The average Bonchev–Trinajstić information content (AvgIpc) is 2.53. The second-order valence-electron chi connectivity index (χ2n) is 4.77. The largest absolute Gasteiger partial charge is 0.490 e. The Labute approximate surface area is 126 Å². The first kappa shape index (κ1) is 15.3. The van der Waals surface area contributed by atoms with E-state index in [1.807, 2.05) is 43.6 Å². The van der Waals surface area contributed by atoms with Gasteiger partial charge in [0.15, 0.2) is 11.5 Å². The summed E-state index contributed by atoms with van der Waals surface area (Å²) in [5, 5.41) is 3.10. The SMILES string of the molecule is CCCOc1ccccc1OCc1ccc(CNC)cn1. The van der Waals surface area contributed by atoms with Crippen LogP contribution in [0.5, 0.6) is 11.5 Å². The van der Waals surface area contributed by atoms with Crippen molar-refractivity contribution in [2.24, 2.45) is 0 Å². The van der Waals surface area contributed by atoms with Crippen LogP contribution >= 0.6 is 0 Å². The Hall–Kier alpha value is -2.07. The smallest absolute Gasteiger partial charge is 0.161 e. The highest BCUT2D eigenvalue weighted by Crippen LogP contribution is 2.27. The van der Waals surface area contributed by atoms with Crippen molar-refractivity contribution in [3.8, 4) is 11.5 Å². The van der Waals surface area contributed by atoms with Crippen molar-refractivity contribution in [3.63, 3.8) is 0 Å². The molecule has 0 atom stereocenters. The molecule has 0 bridgehead atoms. The quantitative estimate of drug-likeness (QED) is 0.809. The Bertz CT molecular complexity index is 541. The third kappa shape index (κ3) is 4.76. The number of nitrogens with one attached hydrogen (secondary N) is 1. The number of para-hydroxylation sites is 2. The highest BCUT2D eigenvalue weighted by molar-refractivity contribution is 5.39. The van der Waals surface area contributed by atoms with E-state index in [1.165, 1.54) is 0 Å². The predicted octanol–water partition coefficient (Wildman–Crippen LogP) is 3.17. The van der Waals surface area contributed by atoms with Gasteiger partial charge in [-0.05, 0) is 37.2 Å². The third-order valence-corrected chi connectivity index (χ3v) is 2.95. The molecule has 0 aliphatic carbocycles. The van der Waals surface area contributed by atoms with Gasteiger partial charge in [0.05, 0.1) is 12.3 Å². The lowest BCUT2D eigenvalue weighted by atomic mass is 10.2. The van der Waals surface area contributed by atoms with E-state index >= 15 is 0 Å². The first-order valence-electron chi connectivity index (χ1n) is 7.26. The molecular formula is C17H22N2O2. The van der Waals surface area contributed by atoms with Crippen molar-refractivity contribution in [3.05, 3.63) is 53.9 Å². The molecule has 2 rings (SSSR count). The molecule has 1 aromatic carbocycles. The van der Waals surface area contributed by atoms with Gasteiger partial charge in [-0.3, -0.25) is 4.98 Å². The molecule has 0 saturated carbocycles. The molecular weight excluding hydrogens is 264 g/mol. The molecule has 0 fully saturated rings. The van der Waals surface area contributed by atoms with Gasteiger partial charge in [-0.15, -0.1) is 0 Å². The van der Waals surface area contributed by atoms with Crippen LogP contribution < -0.4 is 14.8 Å². The summed E-state index contributed by atoms with van der Waals surface area (Å²) in [5.41, 5.74) is 2.06. The van der Waals surface area contributed by atoms with Gasteiger partial charge in [-0.2, -0.15) is 0 Å². The normalized spacial score (nSPS) is 10.4. The van der Waals surface area contributed by atoms with Gasteiger partial charge in [-0.1, -0.05) is 25.1 Å². The van der Waals surface area contributed by atoms with E-state index in [0.717, 1.165) is 35.7 Å². The molecule has 21 heavy (non-hydrogen) atoms. The number of hydrogen-bond acceptors (Lipinski definition) is 4. The summed E-state index contributed by atoms with van der Waals surface area (Å²) in [5.74, 6) is 1.54. The topological polar surface area (TPSA) is 43.4 Å². The van der Waals surface area contributed by atoms with E-state index in [2.05, 4.69) is 23.3 Å². The van der Waals surface area contributed by atoms with Gasteiger partial charge in [-0.25, -0.2) is 0 Å². The molecule has 0 unspecified atom stereocenters.